The van der Waals surface area contributed by atoms with Gasteiger partial charge in [0.2, 0.25) is 0 Å². The highest BCUT2D eigenvalue weighted by Crippen LogP contribution is 2.26. The first-order valence-electron chi connectivity index (χ1n) is 6.42. The third-order valence-corrected chi connectivity index (χ3v) is 3.84. The molecular weight excluding hydrogens is 300 g/mol. The lowest BCUT2D eigenvalue weighted by Crippen LogP contribution is -2.54. The van der Waals surface area contributed by atoms with Crippen molar-refractivity contribution < 1.29 is 19.6 Å². The highest BCUT2D eigenvalue weighted by Gasteiger charge is 2.34. The fourth-order valence-corrected chi connectivity index (χ4v) is 2.44. The van der Waals surface area contributed by atoms with Crippen LogP contribution >= 0.6 is 11.6 Å². The molecule has 1 aliphatic heterocycles. The third-order valence-electron chi connectivity index (χ3n) is 3.54. The number of benzene rings is 1. The second kappa shape index (κ2) is 6.38. The van der Waals surface area contributed by atoms with Crippen LogP contribution in [0, 0.1) is 10.1 Å². The number of rotatable bonds is 4. The van der Waals surface area contributed by atoms with Crippen molar-refractivity contribution in [1.29, 1.82) is 0 Å². The van der Waals surface area contributed by atoms with E-state index in [0.29, 0.717) is 26.1 Å². The number of carbonyl (C=O) groups excluding carboxylic acids is 1. The van der Waals surface area contributed by atoms with Crippen molar-refractivity contribution in [1.82, 2.24) is 5.32 Å². The number of ether oxygens (including phenoxy) is 1. The Kier molecular flexibility index (Phi) is 4.76. The zero-order valence-corrected chi connectivity index (χ0v) is 11.9. The number of nitrogens with zero attached hydrogens (tertiary/aromatic N) is 1. The van der Waals surface area contributed by atoms with E-state index in [0.717, 1.165) is 0 Å². The molecule has 2 rings (SSSR count). The Bertz CT molecular complexity index is 557. The number of aliphatic hydroxyl groups excluding tert-OH is 1. The molecule has 0 bridgehead atoms. The number of halogens is 1. The van der Waals surface area contributed by atoms with Crippen molar-refractivity contribution in [2.45, 2.75) is 18.4 Å². The van der Waals surface area contributed by atoms with Crippen LogP contribution in [0.25, 0.3) is 0 Å². The Morgan fingerprint density at radius 3 is 2.67 bits per heavy atom. The lowest BCUT2D eigenvalue weighted by molar-refractivity contribution is -0.384. The first kappa shape index (κ1) is 15.7. The molecule has 8 heteroatoms. The molecule has 21 heavy (non-hydrogen) atoms. The molecule has 1 saturated heterocycles. The van der Waals surface area contributed by atoms with Gasteiger partial charge < -0.3 is 15.2 Å². The topological polar surface area (TPSA) is 102 Å². The minimum absolute atomic E-state index is 0.0994. The maximum absolute atomic E-state index is 12.2. The molecule has 1 aliphatic rings. The molecular formula is C13H15ClN2O5. The second-order valence-corrected chi connectivity index (χ2v) is 5.34. The quantitative estimate of drug-likeness (QED) is 0.648. The van der Waals surface area contributed by atoms with E-state index in [4.69, 9.17) is 16.3 Å². The molecule has 0 atom stereocenters. The van der Waals surface area contributed by atoms with Gasteiger partial charge in [-0.1, -0.05) is 11.6 Å². The average Bonchev–Trinajstić information content (AvgIpc) is 2.47. The summed E-state index contributed by atoms with van der Waals surface area (Å²) in [5.74, 6) is -0.428. The summed E-state index contributed by atoms with van der Waals surface area (Å²) >= 11 is 5.79. The number of hydrogen-bond acceptors (Lipinski definition) is 5. The van der Waals surface area contributed by atoms with Gasteiger partial charge in [-0.15, -0.1) is 0 Å². The summed E-state index contributed by atoms with van der Waals surface area (Å²) in [7, 11) is 0. The summed E-state index contributed by atoms with van der Waals surface area (Å²) in [6.07, 6.45) is 1.02. The van der Waals surface area contributed by atoms with Gasteiger partial charge in [0.15, 0.2) is 0 Å². The maximum atomic E-state index is 12.2. The molecule has 1 aromatic carbocycles. The molecule has 0 aromatic heterocycles. The van der Waals surface area contributed by atoms with Gasteiger partial charge >= 0.3 is 0 Å². The maximum Gasteiger partial charge on any atom is 0.287 e. The average molecular weight is 315 g/mol. The van der Waals surface area contributed by atoms with Crippen LogP contribution in [0.2, 0.25) is 5.02 Å². The van der Waals surface area contributed by atoms with E-state index in [9.17, 15) is 20.0 Å². The van der Waals surface area contributed by atoms with Gasteiger partial charge in [-0.25, -0.2) is 0 Å². The van der Waals surface area contributed by atoms with Crippen molar-refractivity contribution in [3.05, 3.63) is 38.9 Å². The number of nitrogens with one attached hydrogen (secondary N) is 1. The number of amides is 1. The van der Waals surface area contributed by atoms with Crippen LogP contribution in [-0.4, -0.2) is 41.3 Å². The summed E-state index contributed by atoms with van der Waals surface area (Å²) in [6, 6.07) is 3.77. The number of hydrogen-bond donors (Lipinski definition) is 2. The molecule has 0 radical (unpaired) electrons. The van der Waals surface area contributed by atoms with Crippen LogP contribution in [0.3, 0.4) is 0 Å². The van der Waals surface area contributed by atoms with Crippen molar-refractivity contribution >= 4 is 23.2 Å². The molecule has 7 nitrogen and oxygen atoms in total. The first-order valence-corrected chi connectivity index (χ1v) is 6.80. The van der Waals surface area contributed by atoms with Crippen molar-refractivity contribution in [2.75, 3.05) is 19.8 Å². The van der Waals surface area contributed by atoms with Gasteiger partial charge in [0.1, 0.15) is 5.02 Å². The minimum Gasteiger partial charge on any atom is -0.394 e. The molecule has 1 heterocycles. The Labute approximate surface area is 126 Å². The van der Waals surface area contributed by atoms with Crippen LogP contribution in [0.5, 0.6) is 0 Å². The third kappa shape index (κ3) is 3.49. The molecule has 1 aromatic rings. The fraction of sp³-hybridized carbons (Fsp3) is 0.462. The highest BCUT2D eigenvalue weighted by atomic mass is 35.5. The Morgan fingerprint density at radius 1 is 1.48 bits per heavy atom. The fourth-order valence-electron chi connectivity index (χ4n) is 2.19. The smallest absolute Gasteiger partial charge is 0.287 e. The molecule has 0 aliphatic carbocycles. The van der Waals surface area contributed by atoms with Gasteiger partial charge in [0.25, 0.3) is 11.6 Å². The Balaban J connectivity index is 2.16. The van der Waals surface area contributed by atoms with Crippen LogP contribution in [0.4, 0.5) is 5.69 Å². The number of nitro benzene ring substituents is 1. The van der Waals surface area contributed by atoms with E-state index in [-0.39, 0.29) is 22.9 Å². The van der Waals surface area contributed by atoms with E-state index in [2.05, 4.69) is 5.32 Å². The minimum atomic E-state index is -0.719. The van der Waals surface area contributed by atoms with Crippen molar-refractivity contribution in [2.24, 2.45) is 0 Å². The van der Waals surface area contributed by atoms with E-state index in [1.165, 1.54) is 18.2 Å². The van der Waals surface area contributed by atoms with Gasteiger partial charge in [-0.05, 0) is 25.0 Å². The van der Waals surface area contributed by atoms with Crippen molar-refractivity contribution in [3.63, 3.8) is 0 Å². The molecule has 1 fully saturated rings. The first-order chi connectivity index (χ1) is 9.97. The normalized spacial score (nSPS) is 17.2. The van der Waals surface area contributed by atoms with Crippen LogP contribution in [0.1, 0.15) is 23.2 Å². The lowest BCUT2D eigenvalue weighted by atomic mass is 9.90. The van der Waals surface area contributed by atoms with E-state index in [1.54, 1.807) is 0 Å². The monoisotopic (exact) mass is 314 g/mol. The summed E-state index contributed by atoms with van der Waals surface area (Å²) in [5.41, 5.74) is -0.759. The lowest BCUT2D eigenvalue weighted by Gasteiger charge is -2.36. The van der Waals surface area contributed by atoms with Gasteiger partial charge in [0.05, 0.1) is 17.1 Å². The summed E-state index contributed by atoms with van der Waals surface area (Å²) in [5, 5.41) is 22.9. The Morgan fingerprint density at radius 2 is 2.14 bits per heavy atom. The van der Waals surface area contributed by atoms with E-state index < -0.39 is 16.4 Å². The molecule has 0 unspecified atom stereocenters. The molecule has 0 saturated carbocycles. The summed E-state index contributed by atoms with van der Waals surface area (Å²) < 4.78 is 5.22. The molecule has 0 spiro atoms. The van der Waals surface area contributed by atoms with E-state index in [1.807, 2.05) is 0 Å². The second-order valence-electron chi connectivity index (χ2n) is 4.93. The van der Waals surface area contributed by atoms with Gasteiger partial charge in [0, 0.05) is 24.8 Å². The standard InChI is InChI=1S/C13H15ClN2O5/c14-10-7-9(1-2-11(10)16(19)20)12(18)15-13(8-17)3-5-21-6-4-13/h1-2,7,17H,3-6,8H2,(H,15,18). The van der Waals surface area contributed by atoms with Crippen molar-refractivity contribution in [3.8, 4) is 0 Å². The number of nitro groups is 1. The molecule has 2 N–H and O–H groups in total. The van der Waals surface area contributed by atoms with Gasteiger partial charge in [-0.3, -0.25) is 14.9 Å². The molecule has 1 amide bonds. The number of carbonyl (C=O) groups is 1. The zero-order chi connectivity index (χ0) is 15.5. The largest absolute Gasteiger partial charge is 0.394 e. The zero-order valence-electron chi connectivity index (χ0n) is 11.2. The highest BCUT2D eigenvalue weighted by molar-refractivity contribution is 6.33. The van der Waals surface area contributed by atoms with Crippen LogP contribution in [-0.2, 0) is 4.74 Å². The predicted octanol–water partition coefficient (Wildman–Crippen LogP) is 1.52. The summed E-state index contributed by atoms with van der Waals surface area (Å²) in [6.45, 7) is 0.729. The van der Waals surface area contributed by atoms with E-state index >= 15 is 0 Å². The predicted molar refractivity (Wildman–Crippen MR) is 75.4 cm³/mol. The molecule has 114 valence electrons. The SMILES string of the molecule is O=C(NC1(CO)CCOCC1)c1ccc([N+](=O)[O-])c(Cl)c1. The van der Waals surface area contributed by atoms with Gasteiger partial charge in [-0.2, -0.15) is 0 Å². The summed E-state index contributed by atoms with van der Waals surface area (Å²) in [4.78, 5) is 22.3. The van der Waals surface area contributed by atoms with Crippen LogP contribution in [0.15, 0.2) is 18.2 Å². The van der Waals surface area contributed by atoms with Crippen LogP contribution < -0.4 is 5.32 Å². The Hall–Kier alpha value is -1.70. The number of aliphatic hydroxyl groups is 1.